The molecule has 1 aromatic rings. The molecule has 1 aliphatic heterocycles. The highest BCUT2D eigenvalue weighted by atomic mass is 16.5. The second-order valence-electron chi connectivity index (χ2n) is 5.42. The van der Waals surface area contributed by atoms with Crippen LogP contribution in [0.25, 0.3) is 0 Å². The minimum absolute atomic E-state index is 0.230. The van der Waals surface area contributed by atoms with Crippen LogP contribution in [0.15, 0.2) is 24.3 Å². The van der Waals surface area contributed by atoms with Crippen LogP contribution in [0.2, 0.25) is 0 Å². The Kier molecular flexibility index (Phi) is 6.02. The van der Waals surface area contributed by atoms with Gasteiger partial charge in [0.1, 0.15) is 12.4 Å². The van der Waals surface area contributed by atoms with Crippen molar-refractivity contribution in [2.24, 2.45) is 5.73 Å². The highest BCUT2D eigenvalue weighted by molar-refractivity contribution is 5.72. The molecule has 5 nitrogen and oxygen atoms in total. The van der Waals surface area contributed by atoms with Crippen LogP contribution < -0.4 is 10.5 Å². The number of carbonyl (C=O) groups is 1. The molecule has 21 heavy (non-hydrogen) atoms. The molecule has 0 bridgehead atoms. The molecular weight excluding hydrogens is 268 g/mol. The lowest BCUT2D eigenvalue weighted by Gasteiger charge is -2.29. The number of ether oxygens (including phenoxy) is 2. The highest BCUT2D eigenvalue weighted by Gasteiger charge is 2.15. The van der Waals surface area contributed by atoms with Crippen molar-refractivity contribution in [2.45, 2.75) is 25.3 Å². The molecule has 5 heteroatoms. The Hall–Kier alpha value is -1.59. The van der Waals surface area contributed by atoms with E-state index in [0.717, 1.165) is 43.8 Å². The van der Waals surface area contributed by atoms with Gasteiger partial charge in [-0.25, -0.2) is 0 Å². The van der Waals surface area contributed by atoms with E-state index in [4.69, 9.17) is 10.5 Å². The maximum Gasteiger partial charge on any atom is 0.309 e. The molecule has 0 saturated carbocycles. The number of benzene rings is 1. The molecule has 1 fully saturated rings. The van der Waals surface area contributed by atoms with Crippen LogP contribution in [0.1, 0.15) is 18.4 Å². The standard InChI is InChI=1S/C16H24N2O3/c1-20-16(19)12-13-2-4-15(5-3-13)21-11-10-18-8-6-14(17)7-9-18/h2-5,14H,6-12,17H2,1H3. The van der Waals surface area contributed by atoms with Crippen molar-refractivity contribution in [1.82, 2.24) is 4.90 Å². The zero-order valence-electron chi connectivity index (χ0n) is 12.6. The molecule has 116 valence electrons. The number of likely N-dealkylation sites (tertiary alicyclic amines) is 1. The average Bonchev–Trinajstić information content (AvgIpc) is 2.51. The average molecular weight is 292 g/mol. The molecule has 0 unspecified atom stereocenters. The van der Waals surface area contributed by atoms with Gasteiger partial charge in [-0.3, -0.25) is 9.69 Å². The smallest absolute Gasteiger partial charge is 0.309 e. The van der Waals surface area contributed by atoms with Crippen molar-refractivity contribution in [3.63, 3.8) is 0 Å². The van der Waals surface area contributed by atoms with Crippen molar-refractivity contribution >= 4 is 5.97 Å². The molecule has 2 rings (SSSR count). The van der Waals surface area contributed by atoms with E-state index in [1.54, 1.807) is 0 Å². The number of nitrogens with two attached hydrogens (primary N) is 1. The first kappa shape index (κ1) is 15.8. The third-order valence-electron chi connectivity index (χ3n) is 3.81. The largest absolute Gasteiger partial charge is 0.492 e. The van der Waals surface area contributed by atoms with Gasteiger partial charge < -0.3 is 15.2 Å². The number of hydrogen-bond donors (Lipinski definition) is 1. The minimum atomic E-state index is -0.230. The first-order valence-corrected chi connectivity index (χ1v) is 7.44. The zero-order chi connectivity index (χ0) is 15.1. The monoisotopic (exact) mass is 292 g/mol. The third-order valence-corrected chi connectivity index (χ3v) is 3.81. The van der Waals surface area contributed by atoms with Crippen molar-refractivity contribution in [3.05, 3.63) is 29.8 Å². The lowest BCUT2D eigenvalue weighted by Crippen LogP contribution is -2.41. The molecule has 1 heterocycles. The normalized spacial score (nSPS) is 16.7. The van der Waals surface area contributed by atoms with E-state index >= 15 is 0 Å². The van der Waals surface area contributed by atoms with Crippen LogP contribution in [0.5, 0.6) is 5.75 Å². The maximum absolute atomic E-state index is 11.2. The Morgan fingerprint density at radius 3 is 2.57 bits per heavy atom. The molecular formula is C16H24N2O3. The van der Waals surface area contributed by atoms with E-state index in [9.17, 15) is 4.79 Å². The summed E-state index contributed by atoms with van der Waals surface area (Å²) in [6, 6.07) is 7.94. The number of esters is 1. The van der Waals surface area contributed by atoms with Gasteiger partial charge in [-0.15, -0.1) is 0 Å². The number of piperidine rings is 1. The van der Waals surface area contributed by atoms with E-state index in [2.05, 4.69) is 9.64 Å². The summed E-state index contributed by atoms with van der Waals surface area (Å²) < 4.78 is 10.4. The molecule has 0 atom stereocenters. The summed E-state index contributed by atoms with van der Waals surface area (Å²) >= 11 is 0. The second-order valence-corrected chi connectivity index (χ2v) is 5.42. The summed E-state index contributed by atoms with van der Waals surface area (Å²) in [7, 11) is 1.40. The maximum atomic E-state index is 11.2. The molecule has 0 amide bonds. The van der Waals surface area contributed by atoms with E-state index in [-0.39, 0.29) is 5.97 Å². The quantitative estimate of drug-likeness (QED) is 0.798. The Balaban J connectivity index is 1.70. The van der Waals surface area contributed by atoms with Crippen LogP contribution in [0, 0.1) is 0 Å². The molecule has 0 spiro atoms. The van der Waals surface area contributed by atoms with Crippen LogP contribution >= 0.6 is 0 Å². The second kappa shape index (κ2) is 8.00. The topological polar surface area (TPSA) is 64.8 Å². The van der Waals surface area contributed by atoms with Gasteiger partial charge in [0.25, 0.3) is 0 Å². The van der Waals surface area contributed by atoms with E-state index in [0.29, 0.717) is 19.1 Å². The predicted molar refractivity (Wildman–Crippen MR) is 81.3 cm³/mol. The van der Waals surface area contributed by atoms with Crippen molar-refractivity contribution in [2.75, 3.05) is 33.4 Å². The Morgan fingerprint density at radius 1 is 1.29 bits per heavy atom. The Morgan fingerprint density at radius 2 is 1.95 bits per heavy atom. The summed E-state index contributed by atoms with van der Waals surface area (Å²) in [5.41, 5.74) is 6.81. The lowest BCUT2D eigenvalue weighted by atomic mass is 10.1. The summed E-state index contributed by atoms with van der Waals surface area (Å²) in [6.45, 7) is 3.72. The summed E-state index contributed by atoms with van der Waals surface area (Å²) in [4.78, 5) is 13.6. The Bertz CT molecular complexity index is 439. The molecule has 0 radical (unpaired) electrons. The van der Waals surface area contributed by atoms with E-state index in [1.807, 2.05) is 24.3 Å². The van der Waals surface area contributed by atoms with Crippen LogP contribution in [-0.2, 0) is 16.0 Å². The van der Waals surface area contributed by atoms with Gasteiger partial charge in [0, 0.05) is 12.6 Å². The molecule has 2 N–H and O–H groups in total. The summed E-state index contributed by atoms with van der Waals surface area (Å²) in [5.74, 6) is 0.601. The number of hydrogen-bond acceptors (Lipinski definition) is 5. The predicted octanol–water partition coefficient (Wildman–Crippen LogP) is 1.20. The van der Waals surface area contributed by atoms with Crippen LogP contribution in [-0.4, -0.2) is 50.3 Å². The molecule has 1 saturated heterocycles. The number of methoxy groups -OCH3 is 1. The minimum Gasteiger partial charge on any atom is -0.492 e. The van der Waals surface area contributed by atoms with Crippen molar-refractivity contribution in [3.8, 4) is 5.75 Å². The van der Waals surface area contributed by atoms with E-state index in [1.165, 1.54) is 7.11 Å². The van der Waals surface area contributed by atoms with Gasteiger partial charge in [-0.2, -0.15) is 0 Å². The third kappa shape index (κ3) is 5.36. The van der Waals surface area contributed by atoms with Gasteiger partial charge in [0.05, 0.1) is 13.5 Å². The van der Waals surface area contributed by atoms with Gasteiger partial charge in [0.15, 0.2) is 0 Å². The first-order chi connectivity index (χ1) is 10.2. The van der Waals surface area contributed by atoms with E-state index < -0.39 is 0 Å². The fourth-order valence-electron chi connectivity index (χ4n) is 2.41. The fraction of sp³-hybridized carbons (Fsp3) is 0.562. The molecule has 0 aliphatic carbocycles. The molecule has 0 aromatic heterocycles. The number of carbonyl (C=O) groups excluding carboxylic acids is 1. The number of rotatable bonds is 6. The fourth-order valence-corrected chi connectivity index (χ4v) is 2.41. The SMILES string of the molecule is COC(=O)Cc1ccc(OCCN2CCC(N)CC2)cc1. The molecule has 1 aliphatic rings. The summed E-state index contributed by atoms with van der Waals surface area (Å²) in [5, 5.41) is 0. The van der Waals surface area contributed by atoms with Crippen LogP contribution in [0.4, 0.5) is 0 Å². The van der Waals surface area contributed by atoms with Gasteiger partial charge in [-0.05, 0) is 43.6 Å². The first-order valence-electron chi connectivity index (χ1n) is 7.44. The highest BCUT2D eigenvalue weighted by Crippen LogP contribution is 2.13. The van der Waals surface area contributed by atoms with Crippen molar-refractivity contribution in [1.29, 1.82) is 0 Å². The van der Waals surface area contributed by atoms with Crippen molar-refractivity contribution < 1.29 is 14.3 Å². The van der Waals surface area contributed by atoms with Gasteiger partial charge in [0.2, 0.25) is 0 Å². The number of nitrogens with zero attached hydrogens (tertiary/aromatic N) is 1. The Labute approximate surface area is 126 Å². The van der Waals surface area contributed by atoms with Crippen LogP contribution in [0.3, 0.4) is 0 Å². The lowest BCUT2D eigenvalue weighted by molar-refractivity contribution is -0.139. The molecule has 1 aromatic carbocycles. The summed E-state index contributed by atoms with van der Waals surface area (Å²) in [6.07, 6.45) is 2.44. The van der Waals surface area contributed by atoms with Gasteiger partial charge in [-0.1, -0.05) is 12.1 Å². The zero-order valence-corrected chi connectivity index (χ0v) is 12.6. The van der Waals surface area contributed by atoms with Gasteiger partial charge >= 0.3 is 5.97 Å².